The molecule has 3 nitrogen and oxygen atoms in total. The zero-order valence-electron chi connectivity index (χ0n) is 12.1. The number of hydrogen-bond donors (Lipinski definition) is 0. The number of fused-ring (bicyclic) bond motifs is 10. The van der Waals surface area contributed by atoms with Crippen LogP contribution in [0.4, 0.5) is 0 Å². The second-order valence-corrected chi connectivity index (χ2v) is 7.58. The molecule has 8 atom stereocenters. The fourth-order valence-electron chi connectivity index (χ4n) is 6.25. The Kier molecular flexibility index (Phi) is 2.25. The Morgan fingerprint density at radius 2 is 1.43 bits per heavy atom. The number of allylic oxidation sites excluding steroid dienone is 4. The van der Waals surface area contributed by atoms with Crippen molar-refractivity contribution in [3.63, 3.8) is 0 Å². The fourth-order valence-corrected chi connectivity index (χ4v) is 6.25. The van der Waals surface area contributed by atoms with Gasteiger partial charge in [0.05, 0.1) is 0 Å². The zero-order valence-corrected chi connectivity index (χ0v) is 12.1. The van der Waals surface area contributed by atoms with Gasteiger partial charge in [-0.3, -0.25) is 9.59 Å². The molecule has 5 rings (SSSR count). The van der Waals surface area contributed by atoms with Gasteiger partial charge in [-0.2, -0.15) is 0 Å². The summed E-state index contributed by atoms with van der Waals surface area (Å²) in [6, 6.07) is 0. The van der Waals surface area contributed by atoms with Crippen LogP contribution in [0.5, 0.6) is 0 Å². The van der Waals surface area contributed by atoms with Crippen LogP contribution in [-0.2, 0) is 14.3 Å². The molecule has 0 heterocycles. The maximum Gasteiger partial charge on any atom is 0.302 e. The first-order chi connectivity index (χ1) is 10.1. The minimum Gasteiger partial charge on any atom is -0.462 e. The van der Waals surface area contributed by atoms with E-state index < -0.39 is 0 Å². The molecule has 3 fully saturated rings. The number of Topliss-reactive ketones (excluding diaryl/α,β-unsaturated/α-hetero) is 1. The molecule has 4 bridgehead atoms. The molecule has 0 radical (unpaired) electrons. The van der Waals surface area contributed by atoms with Gasteiger partial charge < -0.3 is 4.74 Å². The zero-order chi connectivity index (χ0) is 14.3. The average Bonchev–Trinajstić information content (AvgIpc) is 3.19. The normalized spacial score (nSPS) is 54.9. The van der Waals surface area contributed by atoms with Crippen LogP contribution in [0.15, 0.2) is 24.3 Å². The van der Waals surface area contributed by atoms with Gasteiger partial charge in [-0.1, -0.05) is 24.3 Å². The van der Waals surface area contributed by atoms with Gasteiger partial charge in [0.2, 0.25) is 0 Å². The molecule has 0 amide bonds. The van der Waals surface area contributed by atoms with E-state index in [1.165, 1.54) is 6.92 Å². The van der Waals surface area contributed by atoms with Gasteiger partial charge in [-0.15, -0.1) is 0 Å². The van der Waals surface area contributed by atoms with Crippen LogP contribution < -0.4 is 0 Å². The lowest BCUT2D eigenvalue weighted by Gasteiger charge is -2.46. The molecule has 0 aromatic carbocycles. The number of hydrogen-bond acceptors (Lipinski definition) is 3. The summed E-state index contributed by atoms with van der Waals surface area (Å²) >= 11 is 0. The van der Waals surface area contributed by atoms with Gasteiger partial charge in [0.15, 0.2) is 0 Å². The van der Waals surface area contributed by atoms with E-state index in [0.29, 0.717) is 29.5 Å². The number of rotatable bonds is 1. The van der Waals surface area contributed by atoms with Crippen LogP contribution in [0.1, 0.15) is 19.8 Å². The average molecular weight is 284 g/mol. The van der Waals surface area contributed by atoms with Gasteiger partial charge in [-0.05, 0) is 36.5 Å². The maximum absolute atomic E-state index is 13.1. The highest BCUT2D eigenvalue weighted by atomic mass is 16.5. The van der Waals surface area contributed by atoms with E-state index in [2.05, 4.69) is 24.3 Å². The maximum atomic E-state index is 13.1. The summed E-state index contributed by atoms with van der Waals surface area (Å²) in [7, 11) is 0. The van der Waals surface area contributed by atoms with E-state index in [9.17, 15) is 9.59 Å². The molecule has 0 aromatic heterocycles. The molecule has 0 spiro atoms. The molecular weight excluding hydrogens is 264 g/mol. The van der Waals surface area contributed by atoms with E-state index in [1.807, 2.05) is 0 Å². The van der Waals surface area contributed by atoms with Crippen LogP contribution in [-0.4, -0.2) is 17.9 Å². The number of carbonyl (C=O) groups is 2. The predicted molar refractivity (Wildman–Crippen MR) is 76.0 cm³/mol. The monoisotopic (exact) mass is 284 g/mol. The Morgan fingerprint density at radius 1 is 0.952 bits per heavy atom. The van der Waals surface area contributed by atoms with Gasteiger partial charge in [0.25, 0.3) is 0 Å². The van der Waals surface area contributed by atoms with E-state index in [0.717, 1.165) is 12.8 Å². The molecule has 0 aromatic rings. The van der Waals surface area contributed by atoms with Gasteiger partial charge in [-0.25, -0.2) is 0 Å². The Labute approximate surface area is 124 Å². The first kappa shape index (κ1) is 12.2. The third-order valence-electron chi connectivity index (χ3n) is 6.76. The van der Waals surface area contributed by atoms with E-state index >= 15 is 0 Å². The van der Waals surface area contributed by atoms with Crippen LogP contribution in [0.3, 0.4) is 0 Å². The topological polar surface area (TPSA) is 43.4 Å². The summed E-state index contributed by atoms with van der Waals surface area (Å²) < 4.78 is 5.81. The third kappa shape index (κ3) is 1.40. The summed E-state index contributed by atoms with van der Waals surface area (Å²) in [5.41, 5.74) is 0. The largest absolute Gasteiger partial charge is 0.462 e. The molecule has 21 heavy (non-hydrogen) atoms. The van der Waals surface area contributed by atoms with Crippen molar-refractivity contribution in [1.29, 1.82) is 0 Å². The molecule has 3 heteroatoms. The predicted octanol–water partition coefficient (Wildman–Crippen LogP) is 2.38. The van der Waals surface area contributed by atoms with Crippen LogP contribution in [0.2, 0.25) is 0 Å². The Morgan fingerprint density at radius 3 is 1.90 bits per heavy atom. The molecule has 0 N–H and O–H groups in total. The van der Waals surface area contributed by atoms with E-state index in [1.54, 1.807) is 0 Å². The highest BCUT2D eigenvalue weighted by Gasteiger charge is 2.65. The number of esters is 1. The lowest BCUT2D eigenvalue weighted by atomic mass is 9.59. The van der Waals surface area contributed by atoms with Crippen molar-refractivity contribution in [2.75, 3.05) is 0 Å². The van der Waals surface area contributed by atoms with Crippen molar-refractivity contribution in [3.8, 4) is 0 Å². The lowest BCUT2D eigenvalue weighted by Crippen LogP contribution is -2.54. The molecule has 3 saturated carbocycles. The first-order valence-corrected chi connectivity index (χ1v) is 8.23. The van der Waals surface area contributed by atoms with Gasteiger partial charge >= 0.3 is 5.97 Å². The van der Waals surface area contributed by atoms with Crippen LogP contribution in [0, 0.1) is 47.3 Å². The summed E-state index contributed by atoms with van der Waals surface area (Å²) in [5.74, 6) is 2.67. The van der Waals surface area contributed by atoms with Crippen molar-refractivity contribution in [2.24, 2.45) is 47.3 Å². The molecule has 110 valence electrons. The van der Waals surface area contributed by atoms with E-state index in [4.69, 9.17) is 4.74 Å². The summed E-state index contributed by atoms with van der Waals surface area (Å²) in [4.78, 5) is 24.7. The van der Waals surface area contributed by atoms with Crippen LogP contribution >= 0.6 is 0 Å². The Balaban J connectivity index is 1.61. The van der Waals surface area contributed by atoms with E-state index in [-0.39, 0.29) is 35.7 Å². The van der Waals surface area contributed by atoms with Crippen LogP contribution in [0.25, 0.3) is 0 Å². The smallest absolute Gasteiger partial charge is 0.302 e. The highest BCUT2D eigenvalue weighted by molar-refractivity contribution is 5.88. The molecule has 0 unspecified atom stereocenters. The van der Waals surface area contributed by atoms with Gasteiger partial charge in [0, 0.05) is 30.6 Å². The highest BCUT2D eigenvalue weighted by Crippen LogP contribution is 2.62. The van der Waals surface area contributed by atoms with Crippen molar-refractivity contribution >= 4 is 11.8 Å². The molecule has 5 aliphatic rings. The lowest BCUT2D eigenvalue weighted by molar-refractivity contribution is -0.168. The number of carbonyl (C=O) groups excluding carboxylic acids is 2. The second-order valence-electron chi connectivity index (χ2n) is 7.58. The van der Waals surface area contributed by atoms with Crippen molar-refractivity contribution in [3.05, 3.63) is 24.3 Å². The third-order valence-corrected chi connectivity index (χ3v) is 6.76. The van der Waals surface area contributed by atoms with Crippen molar-refractivity contribution < 1.29 is 14.3 Å². The van der Waals surface area contributed by atoms with Crippen molar-refractivity contribution in [2.45, 2.75) is 25.9 Å². The van der Waals surface area contributed by atoms with Gasteiger partial charge in [0.1, 0.15) is 11.9 Å². The molecular formula is C18H20O3. The number of ether oxygens (including phenoxy) is 1. The Hall–Kier alpha value is -1.38. The fraction of sp³-hybridized carbons (Fsp3) is 0.667. The number of ketones is 1. The summed E-state index contributed by atoms with van der Waals surface area (Å²) in [6.45, 7) is 1.51. The quantitative estimate of drug-likeness (QED) is 0.548. The standard InChI is InChI=1S/C18H20O3/c1-8(19)21-18-15-11-4-2-9(6-11)13(15)17(20)14-10-3-5-12(7-10)16(14)18/h2-5,9-16,18H,6-7H2,1H3/t9-,10-,11+,12+,13-,14-,15+,16+/m1/s1. The summed E-state index contributed by atoms with van der Waals surface area (Å²) in [5, 5.41) is 0. The molecule has 0 saturated heterocycles. The Bertz CT molecular complexity index is 547. The minimum atomic E-state index is -0.189. The summed E-state index contributed by atoms with van der Waals surface area (Å²) in [6.07, 6.45) is 11.1. The minimum absolute atomic E-state index is 0.0462. The first-order valence-electron chi connectivity index (χ1n) is 8.23. The SMILES string of the molecule is CC(=O)OC1[C@@H]2[C@H](C(=O)[C@H]3[C@@H]1[C@H]1C=C[C@@H]3C1)[C@@H]1C=C[C@H]2C1. The molecule has 0 aliphatic heterocycles. The molecule has 5 aliphatic carbocycles. The van der Waals surface area contributed by atoms with Crippen molar-refractivity contribution in [1.82, 2.24) is 0 Å². The second kappa shape index (κ2) is 3.88.